The molecule has 0 amide bonds. The second kappa shape index (κ2) is 5.47. The molecule has 0 aliphatic rings. The Hall–Kier alpha value is -0.850. The molecule has 0 fully saturated rings. The van der Waals surface area contributed by atoms with Crippen LogP contribution in [0.25, 0.3) is 11.4 Å². The van der Waals surface area contributed by atoms with Crippen LogP contribution < -0.4 is 5.73 Å². The maximum atomic E-state index is 5.94. The summed E-state index contributed by atoms with van der Waals surface area (Å²) in [6.45, 7) is 0. The molecule has 2 aromatic rings. The Labute approximate surface area is 102 Å². The van der Waals surface area contributed by atoms with E-state index in [1.165, 1.54) is 0 Å². The number of thiophene rings is 1. The highest BCUT2D eigenvalue weighted by atomic mass is 32.2. The summed E-state index contributed by atoms with van der Waals surface area (Å²) >= 11 is 3.37. The van der Waals surface area contributed by atoms with Gasteiger partial charge in [-0.3, -0.25) is 0 Å². The molecule has 0 aromatic carbocycles. The van der Waals surface area contributed by atoms with E-state index in [2.05, 4.69) is 16.4 Å². The van der Waals surface area contributed by atoms with E-state index in [0.29, 0.717) is 11.7 Å². The Bertz CT molecular complexity index is 427. The molecule has 4 nitrogen and oxygen atoms in total. The first-order valence-electron chi connectivity index (χ1n) is 4.92. The third-order valence-corrected chi connectivity index (χ3v) is 3.50. The molecule has 2 N–H and O–H groups in total. The van der Waals surface area contributed by atoms with Crippen LogP contribution in [0.2, 0.25) is 0 Å². The Morgan fingerprint density at radius 3 is 3.19 bits per heavy atom. The number of rotatable bonds is 5. The first-order valence-corrected chi connectivity index (χ1v) is 7.25. The number of nitrogens with zero attached hydrogens (tertiary/aromatic N) is 2. The number of nitrogens with two attached hydrogens (primary N) is 1. The predicted molar refractivity (Wildman–Crippen MR) is 67.5 cm³/mol. The highest BCUT2D eigenvalue weighted by Crippen LogP contribution is 2.21. The highest BCUT2D eigenvalue weighted by Gasteiger charge is 2.15. The van der Waals surface area contributed by atoms with Gasteiger partial charge in [-0.05, 0) is 29.9 Å². The highest BCUT2D eigenvalue weighted by molar-refractivity contribution is 7.98. The van der Waals surface area contributed by atoms with Gasteiger partial charge in [0.1, 0.15) is 0 Å². The van der Waals surface area contributed by atoms with Crippen molar-refractivity contribution in [2.45, 2.75) is 12.5 Å². The molecule has 16 heavy (non-hydrogen) atoms. The summed E-state index contributed by atoms with van der Waals surface area (Å²) in [5.41, 5.74) is 6.92. The third kappa shape index (κ3) is 2.63. The van der Waals surface area contributed by atoms with Gasteiger partial charge >= 0.3 is 0 Å². The molecule has 0 bridgehead atoms. The third-order valence-electron chi connectivity index (χ3n) is 2.17. The molecule has 0 aliphatic carbocycles. The lowest BCUT2D eigenvalue weighted by molar-refractivity contribution is 0.353. The van der Waals surface area contributed by atoms with Gasteiger partial charge in [0, 0.05) is 10.9 Å². The zero-order valence-corrected chi connectivity index (χ0v) is 10.6. The number of hydrogen-bond donors (Lipinski definition) is 1. The van der Waals surface area contributed by atoms with E-state index in [1.54, 1.807) is 23.1 Å². The molecule has 0 radical (unpaired) electrons. The average molecular weight is 255 g/mol. The van der Waals surface area contributed by atoms with Crippen LogP contribution in [0.15, 0.2) is 21.3 Å². The predicted octanol–water partition coefficient (Wildman–Crippen LogP) is 2.55. The van der Waals surface area contributed by atoms with Crippen molar-refractivity contribution in [3.8, 4) is 11.4 Å². The number of aromatic nitrogens is 2. The molecule has 0 aliphatic heterocycles. The summed E-state index contributed by atoms with van der Waals surface area (Å²) in [6, 6.07) is 1.81. The first kappa shape index (κ1) is 11.6. The van der Waals surface area contributed by atoms with Gasteiger partial charge in [0.05, 0.1) is 6.04 Å². The fourth-order valence-corrected chi connectivity index (χ4v) is 2.39. The lowest BCUT2D eigenvalue weighted by Crippen LogP contribution is -2.11. The zero-order valence-electron chi connectivity index (χ0n) is 8.92. The molecule has 2 heterocycles. The molecule has 86 valence electrons. The molecular formula is C10H13N3OS2. The van der Waals surface area contributed by atoms with Gasteiger partial charge in [-0.1, -0.05) is 5.16 Å². The minimum Gasteiger partial charge on any atom is -0.337 e. The van der Waals surface area contributed by atoms with Gasteiger partial charge in [0.15, 0.2) is 0 Å². The smallest absolute Gasteiger partial charge is 0.243 e. The van der Waals surface area contributed by atoms with E-state index < -0.39 is 0 Å². The van der Waals surface area contributed by atoms with Gasteiger partial charge in [0.25, 0.3) is 0 Å². The average Bonchev–Trinajstić information content (AvgIpc) is 2.94. The van der Waals surface area contributed by atoms with Crippen molar-refractivity contribution in [2.75, 3.05) is 12.0 Å². The van der Waals surface area contributed by atoms with E-state index in [-0.39, 0.29) is 6.04 Å². The Morgan fingerprint density at radius 2 is 2.50 bits per heavy atom. The van der Waals surface area contributed by atoms with E-state index in [1.807, 2.05) is 16.8 Å². The minimum atomic E-state index is -0.160. The molecule has 0 unspecified atom stereocenters. The van der Waals surface area contributed by atoms with Crippen molar-refractivity contribution in [1.29, 1.82) is 0 Å². The topological polar surface area (TPSA) is 64.9 Å². The first-order chi connectivity index (χ1) is 7.81. The second-order valence-corrected chi connectivity index (χ2v) is 5.12. The van der Waals surface area contributed by atoms with Crippen molar-refractivity contribution in [3.63, 3.8) is 0 Å². The van der Waals surface area contributed by atoms with Crippen LogP contribution in [-0.4, -0.2) is 22.1 Å². The van der Waals surface area contributed by atoms with Gasteiger partial charge in [0.2, 0.25) is 11.7 Å². The van der Waals surface area contributed by atoms with Crippen LogP contribution in [0, 0.1) is 0 Å². The largest absolute Gasteiger partial charge is 0.337 e. The Kier molecular flexibility index (Phi) is 3.98. The molecule has 1 atom stereocenters. The van der Waals surface area contributed by atoms with Crippen molar-refractivity contribution in [2.24, 2.45) is 5.73 Å². The summed E-state index contributed by atoms with van der Waals surface area (Å²) in [5, 5.41) is 7.89. The lowest BCUT2D eigenvalue weighted by atomic mass is 10.2. The quantitative estimate of drug-likeness (QED) is 0.889. The van der Waals surface area contributed by atoms with E-state index in [0.717, 1.165) is 17.7 Å². The summed E-state index contributed by atoms with van der Waals surface area (Å²) in [7, 11) is 0. The molecule has 2 aromatic heterocycles. The van der Waals surface area contributed by atoms with Gasteiger partial charge in [-0.15, -0.1) is 0 Å². The van der Waals surface area contributed by atoms with Crippen LogP contribution in [0.1, 0.15) is 18.4 Å². The normalized spacial score (nSPS) is 12.9. The van der Waals surface area contributed by atoms with E-state index in [9.17, 15) is 0 Å². The molecular weight excluding hydrogens is 242 g/mol. The van der Waals surface area contributed by atoms with Crippen molar-refractivity contribution in [3.05, 3.63) is 22.7 Å². The number of thioether (sulfide) groups is 1. The number of hydrogen-bond acceptors (Lipinski definition) is 6. The lowest BCUT2D eigenvalue weighted by Gasteiger charge is -2.03. The van der Waals surface area contributed by atoms with Crippen LogP contribution in [0.4, 0.5) is 0 Å². The Morgan fingerprint density at radius 1 is 1.62 bits per heavy atom. The summed E-state index contributed by atoms with van der Waals surface area (Å²) in [4.78, 5) is 4.30. The van der Waals surface area contributed by atoms with Crippen molar-refractivity contribution >= 4 is 23.1 Å². The fraction of sp³-hybridized carbons (Fsp3) is 0.400. The van der Waals surface area contributed by atoms with E-state index >= 15 is 0 Å². The van der Waals surface area contributed by atoms with Crippen LogP contribution in [0.3, 0.4) is 0 Å². The molecule has 0 saturated carbocycles. The minimum absolute atomic E-state index is 0.160. The van der Waals surface area contributed by atoms with Gasteiger partial charge in [-0.2, -0.15) is 28.1 Å². The van der Waals surface area contributed by atoms with Crippen molar-refractivity contribution in [1.82, 2.24) is 10.1 Å². The van der Waals surface area contributed by atoms with Crippen molar-refractivity contribution < 1.29 is 4.52 Å². The SMILES string of the molecule is CSCC[C@@H](N)c1nc(-c2ccsc2)no1. The maximum Gasteiger partial charge on any atom is 0.243 e. The van der Waals surface area contributed by atoms with Crippen LogP contribution in [0.5, 0.6) is 0 Å². The second-order valence-electron chi connectivity index (χ2n) is 3.36. The summed E-state index contributed by atoms with van der Waals surface area (Å²) in [6.07, 6.45) is 2.91. The van der Waals surface area contributed by atoms with Crippen LogP contribution in [-0.2, 0) is 0 Å². The summed E-state index contributed by atoms with van der Waals surface area (Å²) in [5.74, 6) is 2.14. The zero-order chi connectivity index (χ0) is 11.4. The molecule has 0 spiro atoms. The standard InChI is InChI=1S/C10H13N3OS2/c1-15-4-3-8(11)10-12-9(13-14-10)7-2-5-16-6-7/h2,5-6,8H,3-4,11H2,1H3/t8-/m1/s1. The van der Waals surface area contributed by atoms with Gasteiger partial charge < -0.3 is 10.3 Å². The molecule has 6 heteroatoms. The monoisotopic (exact) mass is 255 g/mol. The molecule has 2 rings (SSSR count). The molecule has 0 saturated heterocycles. The summed E-state index contributed by atoms with van der Waals surface area (Å²) < 4.78 is 5.16. The Balaban J connectivity index is 2.07. The fourth-order valence-electron chi connectivity index (χ4n) is 1.26. The maximum absolute atomic E-state index is 5.94. The van der Waals surface area contributed by atoms with E-state index in [4.69, 9.17) is 10.3 Å². The van der Waals surface area contributed by atoms with Gasteiger partial charge in [-0.25, -0.2) is 0 Å². The van der Waals surface area contributed by atoms with Crippen LogP contribution >= 0.6 is 23.1 Å².